The van der Waals surface area contributed by atoms with Crippen molar-refractivity contribution < 1.29 is 14.6 Å². The van der Waals surface area contributed by atoms with E-state index in [0.29, 0.717) is 31.4 Å². The molecule has 3 fully saturated rings. The summed E-state index contributed by atoms with van der Waals surface area (Å²) in [6, 6.07) is 12.0. The number of hydrazine groups is 1. The third-order valence-electron chi connectivity index (χ3n) is 7.61. The molecule has 1 spiro atoms. The van der Waals surface area contributed by atoms with Crippen LogP contribution < -0.4 is 20.5 Å². The number of pyridine rings is 1. The van der Waals surface area contributed by atoms with Crippen LogP contribution in [0.4, 0.5) is 10.6 Å². The van der Waals surface area contributed by atoms with Crippen molar-refractivity contribution in [2.24, 2.45) is 0 Å². The van der Waals surface area contributed by atoms with Gasteiger partial charge in [-0.05, 0) is 49.1 Å². The summed E-state index contributed by atoms with van der Waals surface area (Å²) in [5, 5.41) is 9.85. The van der Waals surface area contributed by atoms with E-state index in [1.165, 1.54) is 5.56 Å². The molecule has 3 aliphatic heterocycles. The summed E-state index contributed by atoms with van der Waals surface area (Å²) < 4.78 is 5.41. The number of ether oxygens (including phenoxy) is 1. The normalized spacial score (nSPS) is 21.7. The molecule has 3 aliphatic rings. The van der Waals surface area contributed by atoms with Crippen LogP contribution in [0.5, 0.6) is 5.75 Å². The number of likely N-dealkylation sites (tertiary alicyclic amines) is 1. The van der Waals surface area contributed by atoms with Crippen LogP contribution in [-0.4, -0.2) is 83.9 Å². The molecule has 188 valence electrons. The number of carbonyl (C=O) groups is 1. The molecule has 35 heavy (non-hydrogen) atoms. The molecule has 1 aromatic heterocycles. The smallest absolute Gasteiger partial charge is 0.326 e. The maximum atomic E-state index is 13.8. The van der Waals surface area contributed by atoms with Crippen molar-refractivity contribution in [3.63, 3.8) is 0 Å². The van der Waals surface area contributed by atoms with Crippen molar-refractivity contribution >= 4 is 11.8 Å². The van der Waals surface area contributed by atoms with Crippen molar-refractivity contribution in [1.29, 1.82) is 0 Å². The zero-order valence-electron chi connectivity index (χ0n) is 20.6. The number of aliphatic hydroxyl groups is 1. The maximum Gasteiger partial charge on any atom is 0.326 e. The average molecular weight is 481 g/mol. The lowest BCUT2D eigenvalue weighted by molar-refractivity contribution is 0.0488. The number of benzene rings is 1. The number of aliphatic hydroxyl groups excluding tert-OH is 1. The van der Waals surface area contributed by atoms with E-state index >= 15 is 0 Å². The molecule has 5 rings (SSSR count). The van der Waals surface area contributed by atoms with E-state index in [9.17, 15) is 9.90 Å². The van der Waals surface area contributed by atoms with E-state index in [2.05, 4.69) is 21.8 Å². The number of hydrogen-bond donors (Lipinski definition) is 3. The SMILES string of the molecule is COc1cccc(CN2C(=O)N(c3ccc(C4CNNC4)cn3)CC23CCN(CC(C)O)CC3)c1. The summed E-state index contributed by atoms with van der Waals surface area (Å²) in [5.74, 6) is 1.89. The van der Waals surface area contributed by atoms with Crippen molar-refractivity contribution in [3.8, 4) is 5.75 Å². The molecule has 0 saturated carbocycles. The quantitative estimate of drug-likeness (QED) is 0.558. The lowest BCUT2D eigenvalue weighted by Crippen LogP contribution is -2.54. The number of carbonyl (C=O) groups excluding carboxylic acids is 1. The van der Waals surface area contributed by atoms with Crippen LogP contribution in [0.2, 0.25) is 0 Å². The summed E-state index contributed by atoms with van der Waals surface area (Å²) in [6.45, 7) is 7.11. The van der Waals surface area contributed by atoms with Crippen LogP contribution in [-0.2, 0) is 6.54 Å². The molecule has 1 atom stereocenters. The molecule has 9 nitrogen and oxygen atoms in total. The van der Waals surface area contributed by atoms with Gasteiger partial charge >= 0.3 is 6.03 Å². The Morgan fingerprint density at radius 2 is 1.97 bits per heavy atom. The van der Waals surface area contributed by atoms with Crippen molar-refractivity contribution in [3.05, 3.63) is 53.7 Å². The Kier molecular flexibility index (Phi) is 6.93. The second-order valence-corrected chi connectivity index (χ2v) is 10.1. The molecule has 3 N–H and O–H groups in total. The summed E-state index contributed by atoms with van der Waals surface area (Å²) in [6.07, 6.45) is 3.28. The Bertz CT molecular complexity index is 1020. The van der Waals surface area contributed by atoms with Crippen molar-refractivity contribution in [2.45, 2.75) is 43.9 Å². The van der Waals surface area contributed by atoms with Gasteiger partial charge in [-0.3, -0.25) is 15.8 Å². The molecule has 3 saturated heterocycles. The van der Waals surface area contributed by atoms with Gasteiger partial charge in [0.05, 0.1) is 25.3 Å². The lowest BCUT2D eigenvalue weighted by atomic mass is 9.86. The van der Waals surface area contributed by atoms with Crippen LogP contribution in [0.15, 0.2) is 42.6 Å². The first-order valence-corrected chi connectivity index (χ1v) is 12.5. The van der Waals surface area contributed by atoms with E-state index in [4.69, 9.17) is 9.72 Å². The second-order valence-electron chi connectivity index (χ2n) is 10.1. The average Bonchev–Trinajstić information content (AvgIpc) is 3.49. The first-order chi connectivity index (χ1) is 17.0. The molecule has 1 aromatic carbocycles. The van der Waals surface area contributed by atoms with E-state index in [1.54, 1.807) is 7.11 Å². The highest BCUT2D eigenvalue weighted by Crippen LogP contribution is 2.39. The summed E-state index contributed by atoms with van der Waals surface area (Å²) >= 11 is 0. The van der Waals surface area contributed by atoms with E-state index < -0.39 is 0 Å². The summed E-state index contributed by atoms with van der Waals surface area (Å²) in [4.78, 5) is 24.7. The molecule has 0 radical (unpaired) electrons. The number of nitrogens with one attached hydrogen (secondary N) is 2. The number of anilines is 1. The van der Waals surface area contributed by atoms with Crippen LogP contribution in [0.3, 0.4) is 0 Å². The van der Waals surface area contributed by atoms with Gasteiger partial charge in [0.2, 0.25) is 0 Å². The number of methoxy groups -OCH3 is 1. The van der Waals surface area contributed by atoms with Gasteiger partial charge in [-0.25, -0.2) is 9.78 Å². The molecule has 1 unspecified atom stereocenters. The van der Waals surface area contributed by atoms with Gasteiger partial charge in [-0.15, -0.1) is 0 Å². The first-order valence-electron chi connectivity index (χ1n) is 12.5. The largest absolute Gasteiger partial charge is 0.497 e. The highest BCUT2D eigenvalue weighted by Gasteiger charge is 2.51. The van der Waals surface area contributed by atoms with Gasteiger partial charge in [0, 0.05) is 51.4 Å². The van der Waals surface area contributed by atoms with Crippen LogP contribution in [0.25, 0.3) is 0 Å². The molecule has 2 aromatic rings. The van der Waals surface area contributed by atoms with Gasteiger partial charge in [0.1, 0.15) is 11.6 Å². The number of β-amino-alcohol motifs (C(OH)–C–C–N with tert-alkyl or cyclic N) is 1. The molecule has 0 aliphatic carbocycles. The molecular weight excluding hydrogens is 444 g/mol. The molecule has 4 heterocycles. The standard InChI is InChI=1S/C26H36N6O3/c1-19(33)16-30-10-8-26(9-11-30)18-31(24-7-6-21(13-27-24)22-14-28-29-15-22)25(34)32(26)17-20-4-3-5-23(12-20)35-2/h3-7,12-13,19,22,28-29,33H,8-11,14-18H2,1-2H3. The maximum absolute atomic E-state index is 13.8. The van der Waals surface area contributed by atoms with E-state index in [-0.39, 0.29) is 17.7 Å². The van der Waals surface area contributed by atoms with Crippen LogP contribution in [0.1, 0.15) is 36.8 Å². The third kappa shape index (κ3) is 4.99. The number of rotatable bonds is 7. The predicted molar refractivity (Wildman–Crippen MR) is 134 cm³/mol. The number of piperidine rings is 1. The fourth-order valence-corrected chi connectivity index (χ4v) is 5.61. The Hall–Kier alpha value is -2.72. The lowest BCUT2D eigenvalue weighted by Gasteiger charge is -2.44. The Morgan fingerprint density at radius 1 is 1.20 bits per heavy atom. The molecular formula is C26H36N6O3. The number of urea groups is 1. The van der Waals surface area contributed by atoms with Crippen LogP contribution in [0, 0.1) is 0 Å². The third-order valence-corrected chi connectivity index (χ3v) is 7.61. The minimum atomic E-state index is -0.355. The van der Waals surface area contributed by atoms with Gasteiger partial charge in [0.15, 0.2) is 0 Å². The van der Waals surface area contributed by atoms with E-state index in [1.807, 2.05) is 53.3 Å². The highest BCUT2D eigenvalue weighted by atomic mass is 16.5. The zero-order chi connectivity index (χ0) is 24.4. The molecule has 2 amide bonds. The van der Waals surface area contributed by atoms with Crippen LogP contribution >= 0.6 is 0 Å². The Balaban J connectivity index is 1.39. The molecule has 0 bridgehead atoms. The Labute approximate surface area is 207 Å². The number of hydrogen-bond acceptors (Lipinski definition) is 7. The monoisotopic (exact) mass is 480 g/mol. The Morgan fingerprint density at radius 3 is 2.63 bits per heavy atom. The number of nitrogens with zero attached hydrogens (tertiary/aromatic N) is 4. The zero-order valence-corrected chi connectivity index (χ0v) is 20.6. The summed E-state index contributed by atoms with van der Waals surface area (Å²) in [7, 11) is 1.66. The highest BCUT2D eigenvalue weighted by molar-refractivity contribution is 5.94. The predicted octanol–water partition coefficient (Wildman–Crippen LogP) is 1.94. The number of aromatic nitrogens is 1. The van der Waals surface area contributed by atoms with Crippen molar-refractivity contribution in [1.82, 2.24) is 25.6 Å². The van der Waals surface area contributed by atoms with Gasteiger partial charge in [-0.2, -0.15) is 0 Å². The van der Waals surface area contributed by atoms with Gasteiger partial charge < -0.3 is 19.6 Å². The topological polar surface area (TPSA) is 93.2 Å². The van der Waals surface area contributed by atoms with Gasteiger partial charge in [-0.1, -0.05) is 18.2 Å². The molecule has 9 heteroatoms. The minimum Gasteiger partial charge on any atom is -0.497 e. The van der Waals surface area contributed by atoms with Crippen molar-refractivity contribution in [2.75, 3.05) is 51.3 Å². The van der Waals surface area contributed by atoms with Gasteiger partial charge in [0.25, 0.3) is 0 Å². The first kappa shape index (κ1) is 24.0. The minimum absolute atomic E-state index is 0.00115. The fraction of sp³-hybridized carbons (Fsp3) is 0.538. The summed E-state index contributed by atoms with van der Waals surface area (Å²) in [5.41, 5.74) is 8.28. The number of amides is 2. The fourth-order valence-electron chi connectivity index (χ4n) is 5.61. The van der Waals surface area contributed by atoms with E-state index in [0.717, 1.165) is 50.3 Å². The second kappa shape index (κ2) is 10.1.